The summed E-state index contributed by atoms with van der Waals surface area (Å²) in [6.45, 7) is 8.95. The largest absolute Gasteiger partial charge is 0.391 e. The first-order chi connectivity index (χ1) is 5.57. The van der Waals surface area contributed by atoms with Gasteiger partial charge in [-0.1, -0.05) is 34.6 Å². The molecule has 0 aliphatic heterocycles. The third-order valence-corrected chi connectivity index (χ3v) is 2.95. The lowest BCUT2D eigenvalue weighted by Gasteiger charge is -2.32. The van der Waals surface area contributed by atoms with Crippen molar-refractivity contribution in [2.45, 2.75) is 47.2 Å². The molecule has 0 aliphatic carbocycles. The van der Waals surface area contributed by atoms with Crippen molar-refractivity contribution in [3.8, 4) is 0 Å². The van der Waals surface area contributed by atoms with Gasteiger partial charge < -0.3 is 0 Å². The van der Waals surface area contributed by atoms with E-state index in [-0.39, 0.29) is 17.8 Å². The molecule has 0 heterocycles. The fourth-order valence-electron chi connectivity index (χ4n) is 1.14. The van der Waals surface area contributed by atoms with Crippen LogP contribution in [0.2, 0.25) is 0 Å². The predicted molar refractivity (Wildman–Crippen MR) is 48.5 cm³/mol. The van der Waals surface area contributed by atoms with Gasteiger partial charge in [0.2, 0.25) is 0 Å². The van der Waals surface area contributed by atoms with Gasteiger partial charge in [0, 0.05) is 0 Å². The van der Waals surface area contributed by atoms with E-state index in [2.05, 4.69) is 0 Å². The van der Waals surface area contributed by atoms with Gasteiger partial charge in [0.25, 0.3) is 0 Å². The molecule has 0 radical (unpaired) electrons. The molecule has 0 N–H and O–H groups in total. The van der Waals surface area contributed by atoms with Crippen LogP contribution in [-0.2, 0) is 0 Å². The average Bonchev–Trinajstić information content (AvgIpc) is 1.83. The Hall–Kier alpha value is -0.210. The molecule has 0 aromatic heterocycles. The monoisotopic (exact) mass is 196 g/mol. The lowest BCUT2D eigenvalue weighted by atomic mass is 9.74. The zero-order chi connectivity index (χ0) is 10.9. The van der Waals surface area contributed by atoms with Crippen molar-refractivity contribution in [3.63, 3.8) is 0 Å². The zero-order valence-corrected chi connectivity index (χ0v) is 9.00. The summed E-state index contributed by atoms with van der Waals surface area (Å²) in [6, 6.07) is 0. The molecule has 0 amide bonds. The summed E-state index contributed by atoms with van der Waals surface area (Å²) in [6.07, 6.45) is -3.85. The normalized spacial score (nSPS) is 16.4. The minimum Gasteiger partial charge on any atom is -0.171 e. The van der Waals surface area contributed by atoms with Gasteiger partial charge in [0.05, 0.1) is 5.92 Å². The van der Waals surface area contributed by atoms with Crippen LogP contribution in [0.1, 0.15) is 41.0 Å². The van der Waals surface area contributed by atoms with E-state index in [0.29, 0.717) is 0 Å². The standard InChI is InChI=1S/C10H19F3/c1-7(2)9(4,5)6-8(3)10(11,12)13/h7-8H,6H2,1-5H3. The number of alkyl halides is 3. The van der Waals surface area contributed by atoms with Gasteiger partial charge in [0.1, 0.15) is 0 Å². The summed E-state index contributed by atoms with van der Waals surface area (Å²) in [5.74, 6) is -0.929. The van der Waals surface area contributed by atoms with E-state index in [1.807, 2.05) is 27.7 Å². The number of halogens is 3. The van der Waals surface area contributed by atoms with Crippen LogP contribution in [0.4, 0.5) is 13.2 Å². The summed E-state index contributed by atoms with van der Waals surface area (Å²) in [5.41, 5.74) is -0.241. The zero-order valence-electron chi connectivity index (χ0n) is 9.00. The van der Waals surface area contributed by atoms with Crippen LogP contribution in [0.15, 0.2) is 0 Å². The van der Waals surface area contributed by atoms with E-state index < -0.39 is 12.1 Å². The maximum absolute atomic E-state index is 12.2. The summed E-state index contributed by atoms with van der Waals surface area (Å²) in [5, 5.41) is 0. The summed E-state index contributed by atoms with van der Waals surface area (Å²) in [7, 11) is 0. The molecule has 0 saturated carbocycles. The van der Waals surface area contributed by atoms with Crippen molar-refractivity contribution in [1.29, 1.82) is 0 Å². The molecule has 0 aromatic carbocycles. The minimum absolute atomic E-state index is 0.203. The van der Waals surface area contributed by atoms with E-state index in [1.165, 1.54) is 6.92 Å². The van der Waals surface area contributed by atoms with Crippen LogP contribution in [0, 0.1) is 17.3 Å². The SMILES string of the molecule is CC(CC(C)(C)C(C)C)C(F)(F)F. The van der Waals surface area contributed by atoms with Crippen molar-refractivity contribution in [1.82, 2.24) is 0 Å². The van der Waals surface area contributed by atoms with E-state index >= 15 is 0 Å². The van der Waals surface area contributed by atoms with Gasteiger partial charge in [-0.25, -0.2) is 0 Å². The second-order valence-corrected chi connectivity index (χ2v) is 4.79. The fraction of sp³-hybridized carbons (Fsp3) is 1.00. The van der Waals surface area contributed by atoms with E-state index in [4.69, 9.17) is 0 Å². The third-order valence-electron chi connectivity index (χ3n) is 2.95. The number of rotatable bonds is 3. The number of hydrogen-bond acceptors (Lipinski definition) is 0. The van der Waals surface area contributed by atoms with Crippen molar-refractivity contribution in [2.24, 2.45) is 17.3 Å². The number of hydrogen-bond donors (Lipinski definition) is 0. The Labute approximate surface area is 78.5 Å². The highest BCUT2D eigenvalue weighted by Crippen LogP contribution is 2.39. The van der Waals surface area contributed by atoms with E-state index in [0.717, 1.165) is 0 Å². The van der Waals surface area contributed by atoms with Gasteiger partial charge in [-0.2, -0.15) is 13.2 Å². The van der Waals surface area contributed by atoms with Crippen LogP contribution >= 0.6 is 0 Å². The molecule has 0 aliphatic rings. The molecule has 0 aromatic rings. The molecule has 0 bridgehead atoms. The van der Waals surface area contributed by atoms with Crippen molar-refractivity contribution in [3.05, 3.63) is 0 Å². The molecule has 0 spiro atoms. The predicted octanol–water partition coefficient (Wildman–Crippen LogP) is 4.26. The Kier molecular flexibility index (Phi) is 3.82. The smallest absolute Gasteiger partial charge is 0.171 e. The Morgan fingerprint density at radius 2 is 1.38 bits per heavy atom. The Bertz CT molecular complexity index is 156. The van der Waals surface area contributed by atoms with Gasteiger partial charge in [-0.15, -0.1) is 0 Å². The molecule has 1 atom stereocenters. The van der Waals surface area contributed by atoms with Crippen molar-refractivity contribution >= 4 is 0 Å². The maximum Gasteiger partial charge on any atom is 0.391 e. The first kappa shape index (κ1) is 12.8. The minimum atomic E-state index is -4.05. The Morgan fingerprint density at radius 1 is 1.00 bits per heavy atom. The van der Waals surface area contributed by atoms with E-state index in [1.54, 1.807) is 0 Å². The maximum atomic E-state index is 12.2. The van der Waals surface area contributed by atoms with Crippen LogP contribution < -0.4 is 0 Å². The van der Waals surface area contributed by atoms with Gasteiger partial charge >= 0.3 is 6.18 Å². The third kappa shape index (κ3) is 4.01. The first-order valence-corrected chi connectivity index (χ1v) is 4.64. The van der Waals surface area contributed by atoms with Gasteiger partial charge in [-0.3, -0.25) is 0 Å². The topological polar surface area (TPSA) is 0 Å². The molecule has 0 nitrogen and oxygen atoms in total. The molecule has 13 heavy (non-hydrogen) atoms. The highest BCUT2D eigenvalue weighted by atomic mass is 19.4. The average molecular weight is 196 g/mol. The van der Waals surface area contributed by atoms with Crippen LogP contribution in [0.3, 0.4) is 0 Å². The molecule has 1 unspecified atom stereocenters. The quantitative estimate of drug-likeness (QED) is 0.632. The molecule has 0 rings (SSSR count). The second kappa shape index (κ2) is 3.89. The second-order valence-electron chi connectivity index (χ2n) is 4.79. The molecule has 3 heteroatoms. The van der Waals surface area contributed by atoms with Crippen LogP contribution in [0.5, 0.6) is 0 Å². The van der Waals surface area contributed by atoms with Crippen molar-refractivity contribution < 1.29 is 13.2 Å². The molecule has 0 fully saturated rings. The van der Waals surface area contributed by atoms with E-state index in [9.17, 15) is 13.2 Å². The highest BCUT2D eigenvalue weighted by Gasteiger charge is 2.39. The molecule has 80 valence electrons. The highest BCUT2D eigenvalue weighted by molar-refractivity contribution is 4.77. The summed E-state index contributed by atoms with van der Waals surface area (Å²) >= 11 is 0. The first-order valence-electron chi connectivity index (χ1n) is 4.64. The lowest BCUT2D eigenvalue weighted by Crippen LogP contribution is -2.29. The summed E-state index contributed by atoms with van der Waals surface area (Å²) < 4.78 is 36.7. The fourth-order valence-corrected chi connectivity index (χ4v) is 1.14. The van der Waals surface area contributed by atoms with Gasteiger partial charge in [0.15, 0.2) is 0 Å². The Morgan fingerprint density at radius 3 is 1.62 bits per heavy atom. The lowest BCUT2D eigenvalue weighted by molar-refractivity contribution is -0.178. The molecular formula is C10H19F3. The Balaban J connectivity index is 4.28. The summed E-state index contributed by atoms with van der Waals surface area (Å²) in [4.78, 5) is 0. The van der Waals surface area contributed by atoms with Gasteiger partial charge in [-0.05, 0) is 17.8 Å². The van der Waals surface area contributed by atoms with Crippen LogP contribution in [0.25, 0.3) is 0 Å². The molecule has 0 saturated heterocycles. The molecular weight excluding hydrogens is 177 g/mol. The van der Waals surface area contributed by atoms with Crippen LogP contribution in [-0.4, -0.2) is 6.18 Å². The van der Waals surface area contributed by atoms with Crippen molar-refractivity contribution in [2.75, 3.05) is 0 Å².